The second-order valence-electron chi connectivity index (χ2n) is 6.10. The van der Waals surface area contributed by atoms with Crippen LogP contribution in [-0.2, 0) is 14.6 Å². The Labute approximate surface area is 163 Å². The van der Waals surface area contributed by atoms with Gasteiger partial charge in [-0.3, -0.25) is 9.79 Å². The summed E-state index contributed by atoms with van der Waals surface area (Å²) in [6.45, 7) is 3.49. The highest BCUT2D eigenvalue weighted by molar-refractivity contribution is 9.10. The first-order valence-electron chi connectivity index (χ1n) is 8.59. The molecule has 1 unspecified atom stereocenters. The zero-order valence-electron chi connectivity index (χ0n) is 15.0. The minimum Gasteiger partial charge on any atom is -0.355 e. The van der Waals surface area contributed by atoms with E-state index in [0.29, 0.717) is 23.8 Å². The number of rotatable bonds is 6. The Morgan fingerprint density at radius 1 is 1.35 bits per heavy atom. The molecule has 7 nitrogen and oxygen atoms in total. The van der Waals surface area contributed by atoms with Crippen molar-refractivity contribution in [3.63, 3.8) is 0 Å². The Hall–Kier alpha value is -1.61. The van der Waals surface area contributed by atoms with E-state index < -0.39 is 9.84 Å². The number of likely N-dealkylation sites (tertiary alicyclic amines) is 1. The Kier molecular flexibility index (Phi) is 7.45. The number of nitrogens with one attached hydrogen (secondary N) is 2. The molecule has 0 aliphatic carbocycles. The molecule has 1 amide bonds. The molecular weight excluding hydrogens is 420 g/mol. The maximum Gasteiger partial charge on any atom is 0.222 e. The number of amides is 1. The van der Waals surface area contributed by atoms with E-state index in [1.54, 1.807) is 31.3 Å². The molecule has 1 atom stereocenters. The van der Waals surface area contributed by atoms with E-state index in [2.05, 4.69) is 31.6 Å². The van der Waals surface area contributed by atoms with Crippen LogP contribution in [0.4, 0.5) is 0 Å². The van der Waals surface area contributed by atoms with Crippen molar-refractivity contribution in [1.82, 2.24) is 15.5 Å². The van der Waals surface area contributed by atoms with E-state index in [4.69, 9.17) is 0 Å². The van der Waals surface area contributed by atoms with E-state index >= 15 is 0 Å². The number of benzene rings is 1. The highest BCUT2D eigenvalue weighted by Gasteiger charge is 2.25. The van der Waals surface area contributed by atoms with Crippen LogP contribution in [0.5, 0.6) is 0 Å². The molecule has 2 rings (SSSR count). The average Bonchev–Trinajstić information content (AvgIpc) is 3.09. The van der Waals surface area contributed by atoms with Gasteiger partial charge in [-0.1, -0.05) is 22.9 Å². The third-order valence-corrected chi connectivity index (χ3v) is 6.50. The summed E-state index contributed by atoms with van der Waals surface area (Å²) in [6, 6.07) is 6.73. The average molecular weight is 445 g/mol. The second kappa shape index (κ2) is 9.36. The largest absolute Gasteiger partial charge is 0.355 e. The highest BCUT2D eigenvalue weighted by atomic mass is 79.9. The lowest BCUT2D eigenvalue weighted by atomic mass is 10.3. The maximum atomic E-state index is 12.3. The molecule has 1 heterocycles. The summed E-state index contributed by atoms with van der Waals surface area (Å²) < 4.78 is 25.5. The van der Waals surface area contributed by atoms with E-state index in [1.807, 2.05) is 11.8 Å². The fraction of sp³-hybridized carbons (Fsp3) is 0.529. The van der Waals surface area contributed by atoms with Crippen molar-refractivity contribution in [2.45, 2.75) is 30.7 Å². The van der Waals surface area contributed by atoms with Crippen molar-refractivity contribution >= 4 is 37.6 Å². The second-order valence-corrected chi connectivity index (χ2v) is 9.12. The highest BCUT2D eigenvalue weighted by Crippen LogP contribution is 2.15. The van der Waals surface area contributed by atoms with Gasteiger partial charge in [0.2, 0.25) is 5.91 Å². The Balaban J connectivity index is 1.82. The van der Waals surface area contributed by atoms with E-state index in [9.17, 15) is 13.2 Å². The third-order valence-electron chi connectivity index (χ3n) is 4.24. The number of guanidine groups is 1. The van der Waals surface area contributed by atoms with Crippen LogP contribution < -0.4 is 10.6 Å². The maximum absolute atomic E-state index is 12.3. The first-order chi connectivity index (χ1) is 12.4. The molecule has 144 valence electrons. The molecule has 26 heavy (non-hydrogen) atoms. The van der Waals surface area contributed by atoms with Gasteiger partial charge in [0.15, 0.2) is 15.8 Å². The minimum absolute atomic E-state index is 0.0273. The van der Waals surface area contributed by atoms with Gasteiger partial charge in [-0.05, 0) is 30.7 Å². The van der Waals surface area contributed by atoms with Gasteiger partial charge in [0.1, 0.15) is 0 Å². The molecule has 1 aliphatic rings. The van der Waals surface area contributed by atoms with Gasteiger partial charge >= 0.3 is 0 Å². The fourth-order valence-corrected chi connectivity index (χ4v) is 4.20. The lowest BCUT2D eigenvalue weighted by molar-refractivity contribution is -0.129. The monoisotopic (exact) mass is 444 g/mol. The van der Waals surface area contributed by atoms with Crippen LogP contribution in [0.1, 0.15) is 19.8 Å². The first kappa shape index (κ1) is 20.7. The molecule has 0 saturated carbocycles. The Morgan fingerprint density at radius 2 is 2.04 bits per heavy atom. The molecule has 0 spiro atoms. The van der Waals surface area contributed by atoms with E-state index in [1.165, 1.54) is 0 Å². The Bertz CT molecular complexity index is 750. The summed E-state index contributed by atoms with van der Waals surface area (Å²) in [5.41, 5.74) is 0. The van der Waals surface area contributed by atoms with Crippen LogP contribution in [-0.4, -0.2) is 63.7 Å². The van der Waals surface area contributed by atoms with Crippen molar-refractivity contribution in [2.24, 2.45) is 4.99 Å². The topological polar surface area (TPSA) is 90.9 Å². The number of carbonyl (C=O) groups excluding carboxylic acids is 1. The summed E-state index contributed by atoms with van der Waals surface area (Å²) in [5, 5.41) is 6.29. The van der Waals surface area contributed by atoms with Crippen LogP contribution in [0, 0.1) is 0 Å². The standard InChI is InChI=1S/C17H25BrN4O3S/c1-3-16(23)22-10-8-14(12-22)21-17(19-2)20-9-11-26(24,25)15-6-4-13(18)5-7-15/h4-7,14H,3,8-12H2,1-2H3,(H2,19,20,21). The number of sulfone groups is 1. The Morgan fingerprint density at radius 3 is 2.65 bits per heavy atom. The number of nitrogens with zero attached hydrogens (tertiary/aromatic N) is 2. The predicted molar refractivity (Wildman–Crippen MR) is 106 cm³/mol. The number of aliphatic imine (C=N–C) groups is 1. The molecule has 1 saturated heterocycles. The first-order valence-corrected chi connectivity index (χ1v) is 11.0. The van der Waals surface area contributed by atoms with Crippen LogP contribution in [0.3, 0.4) is 0 Å². The number of hydrogen-bond acceptors (Lipinski definition) is 4. The molecule has 0 aromatic heterocycles. The molecule has 0 radical (unpaired) electrons. The SMILES string of the molecule is CCC(=O)N1CCC(NC(=NC)NCCS(=O)(=O)c2ccc(Br)cc2)C1. The van der Waals surface area contributed by atoms with Crippen LogP contribution in [0.2, 0.25) is 0 Å². The summed E-state index contributed by atoms with van der Waals surface area (Å²) in [4.78, 5) is 18.0. The van der Waals surface area contributed by atoms with Gasteiger partial charge in [0, 0.05) is 43.6 Å². The third kappa shape index (κ3) is 5.70. The van der Waals surface area contributed by atoms with Gasteiger partial charge in [-0.25, -0.2) is 8.42 Å². The normalized spacial score (nSPS) is 18.0. The molecule has 1 fully saturated rings. The molecule has 1 aromatic rings. The van der Waals surface area contributed by atoms with Crippen molar-refractivity contribution in [2.75, 3.05) is 32.4 Å². The van der Waals surface area contributed by atoms with Gasteiger partial charge in [0.05, 0.1) is 10.6 Å². The molecule has 2 N–H and O–H groups in total. The van der Waals surface area contributed by atoms with Crippen molar-refractivity contribution in [3.8, 4) is 0 Å². The number of halogens is 1. The molecule has 1 aromatic carbocycles. The van der Waals surface area contributed by atoms with Gasteiger partial charge in [0.25, 0.3) is 0 Å². The molecule has 9 heteroatoms. The van der Waals surface area contributed by atoms with Gasteiger partial charge in [-0.2, -0.15) is 0 Å². The van der Waals surface area contributed by atoms with Crippen LogP contribution >= 0.6 is 15.9 Å². The summed E-state index contributed by atoms with van der Waals surface area (Å²) >= 11 is 3.30. The molecular formula is C17H25BrN4O3S. The summed E-state index contributed by atoms with van der Waals surface area (Å²) in [5.74, 6) is 0.671. The fourth-order valence-electron chi connectivity index (χ4n) is 2.78. The van der Waals surface area contributed by atoms with Crippen LogP contribution in [0.15, 0.2) is 38.6 Å². The smallest absolute Gasteiger partial charge is 0.222 e. The summed E-state index contributed by atoms with van der Waals surface area (Å²) in [7, 11) is -1.71. The lowest BCUT2D eigenvalue weighted by Crippen LogP contribution is -2.46. The number of carbonyl (C=O) groups is 1. The van der Waals surface area contributed by atoms with Crippen LogP contribution in [0.25, 0.3) is 0 Å². The minimum atomic E-state index is -3.35. The van der Waals surface area contributed by atoms with Gasteiger partial charge < -0.3 is 15.5 Å². The molecule has 0 bridgehead atoms. The molecule has 1 aliphatic heterocycles. The van der Waals surface area contributed by atoms with E-state index in [0.717, 1.165) is 17.4 Å². The zero-order valence-corrected chi connectivity index (χ0v) is 17.4. The lowest BCUT2D eigenvalue weighted by Gasteiger charge is -2.18. The van der Waals surface area contributed by atoms with Gasteiger partial charge in [-0.15, -0.1) is 0 Å². The number of hydrogen-bond donors (Lipinski definition) is 2. The zero-order chi connectivity index (χ0) is 19.2. The quantitative estimate of drug-likeness (QED) is 0.510. The van der Waals surface area contributed by atoms with Crippen molar-refractivity contribution in [1.29, 1.82) is 0 Å². The van der Waals surface area contributed by atoms with Crippen molar-refractivity contribution in [3.05, 3.63) is 28.7 Å². The summed E-state index contributed by atoms with van der Waals surface area (Å²) in [6.07, 6.45) is 1.36. The van der Waals surface area contributed by atoms with E-state index in [-0.39, 0.29) is 24.2 Å². The predicted octanol–water partition coefficient (Wildman–Crippen LogP) is 1.40. The van der Waals surface area contributed by atoms with Crippen molar-refractivity contribution < 1.29 is 13.2 Å².